The van der Waals surface area contributed by atoms with Crippen molar-refractivity contribution >= 4 is 0 Å². The molecule has 0 aromatic heterocycles. The largest absolute Gasteiger partial charge is 0.351 e. The van der Waals surface area contributed by atoms with Gasteiger partial charge in [-0.15, -0.1) is 0 Å². The maximum absolute atomic E-state index is 6.30. The Balaban J connectivity index is 1.33. The summed E-state index contributed by atoms with van der Waals surface area (Å²) in [5, 5.41) is 0. The average molecular weight is 405 g/mol. The van der Waals surface area contributed by atoms with E-state index in [4.69, 9.17) is 18.9 Å². The molecule has 0 radical (unpaired) electrons. The molecule has 4 rings (SSSR count). The molecule has 4 nitrogen and oxygen atoms in total. The van der Waals surface area contributed by atoms with Crippen molar-refractivity contribution in [1.82, 2.24) is 0 Å². The molecule has 0 N–H and O–H groups in total. The fraction of sp³-hybridized carbons (Fsp3) is 0.840. The van der Waals surface area contributed by atoms with Crippen LogP contribution >= 0.6 is 0 Å². The van der Waals surface area contributed by atoms with Crippen molar-refractivity contribution < 1.29 is 18.9 Å². The van der Waals surface area contributed by atoms with Crippen molar-refractivity contribution in [2.45, 2.75) is 67.0 Å². The second kappa shape index (κ2) is 8.45. The molecular weight excluding hydrogens is 364 g/mol. The first-order valence-electron chi connectivity index (χ1n) is 11.6. The van der Waals surface area contributed by atoms with Gasteiger partial charge in [-0.3, -0.25) is 0 Å². The summed E-state index contributed by atoms with van der Waals surface area (Å²) in [6, 6.07) is 0. The van der Waals surface area contributed by atoms with Crippen molar-refractivity contribution in [3.05, 3.63) is 23.3 Å². The van der Waals surface area contributed by atoms with E-state index in [0.29, 0.717) is 61.9 Å². The van der Waals surface area contributed by atoms with Crippen LogP contribution in [0.5, 0.6) is 0 Å². The first kappa shape index (κ1) is 21.5. The minimum Gasteiger partial charge on any atom is -0.351 e. The van der Waals surface area contributed by atoms with Gasteiger partial charge in [0.15, 0.2) is 12.6 Å². The third kappa shape index (κ3) is 4.37. The first-order chi connectivity index (χ1) is 13.8. The average Bonchev–Trinajstić information content (AvgIpc) is 2.63. The molecule has 0 unspecified atom stereocenters. The highest BCUT2D eigenvalue weighted by molar-refractivity contribution is 5.10. The fourth-order valence-electron chi connectivity index (χ4n) is 6.44. The summed E-state index contributed by atoms with van der Waals surface area (Å²) < 4.78 is 25.2. The minimum absolute atomic E-state index is 0.112. The van der Waals surface area contributed by atoms with Crippen LogP contribution in [0.2, 0.25) is 0 Å². The number of rotatable bonds is 2. The lowest BCUT2D eigenvalue weighted by Crippen LogP contribution is -2.56. The molecule has 4 aliphatic rings. The van der Waals surface area contributed by atoms with Gasteiger partial charge in [0.25, 0.3) is 0 Å². The Morgan fingerprint density at radius 1 is 0.655 bits per heavy atom. The third-order valence-corrected chi connectivity index (χ3v) is 7.75. The predicted molar refractivity (Wildman–Crippen MR) is 114 cm³/mol. The molecule has 6 atom stereocenters. The molecule has 164 valence electrons. The first-order valence-corrected chi connectivity index (χ1v) is 11.6. The molecule has 0 saturated carbocycles. The molecule has 2 aliphatic heterocycles. The van der Waals surface area contributed by atoms with Crippen LogP contribution in [0.1, 0.15) is 54.4 Å². The van der Waals surface area contributed by atoms with Crippen LogP contribution in [0.4, 0.5) is 0 Å². The van der Waals surface area contributed by atoms with Gasteiger partial charge in [0.05, 0.1) is 31.8 Å². The van der Waals surface area contributed by atoms with E-state index >= 15 is 0 Å². The van der Waals surface area contributed by atoms with Crippen LogP contribution in [-0.4, -0.2) is 39.0 Å². The van der Waals surface area contributed by atoms with Crippen LogP contribution in [-0.2, 0) is 18.9 Å². The Hall–Kier alpha value is -0.680. The topological polar surface area (TPSA) is 36.9 Å². The molecule has 0 aromatic carbocycles. The van der Waals surface area contributed by atoms with Crippen molar-refractivity contribution in [2.75, 3.05) is 26.4 Å². The number of allylic oxidation sites excluding steroid dienone is 4. The monoisotopic (exact) mass is 404 g/mol. The lowest BCUT2D eigenvalue weighted by atomic mass is 9.74. The lowest BCUT2D eigenvalue weighted by Gasteiger charge is -2.49. The van der Waals surface area contributed by atoms with Gasteiger partial charge in [0, 0.05) is 11.8 Å². The van der Waals surface area contributed by atoms with Crippen molar-refractivity contribution in [1.29, 1.82) is 0 Å². The summed E-state index contributed by atoms with van der Waals surface area (Å²) >= 11 is 0. The summed E-state index contributed by atoms with van der Waals surface area (Å²) in [6.07, 6.45) is 6.84. The highest BCUT2D eigenvalue weighted by Gasteiger charge is 2.47. The second-order valence-corrected chi connectivity index (χ2v) is 10.7. The third-order valence-electron chi connectivity index (χ3n) is 7.75. The van der Waals surface area contributed by atoms with E-state index in [2.05, 4.69) is 53.7 Å². The predicted octanol–water partition coefficient (Wildman–Crippen LogP) is 5.20. The summed E-state index contributed by atoms with van der Waals surface area (Å²) in [7, 11) is 0. The van der Waals surface area contributed by atoms with E-state index < -0.39 is 0 Å². The molecule has 29 heavy (non-hydrogen) atoms. The highest BCUT2D eigenvalue weighted by atomic mass is 16.7. The molecule has 2 fully saturated rings. The zero-order chi connectivity index (χ0) is 20.8. The van der Waals surface area contributed by atoms with Crippen LogP contribution in [0, 0.1) is 40.9 Å². The fourth-order valence-corrected chi connectivity index (χ4v) is 6.44. The maximum atomic E-state index is 6.30. The quantitative estimate of drug-likeness (QED) is 0.593. The molecule has 0 bridgehead atoms. The number of ether oxygens (including phenoxy) is 4. The Morgan fingerprint density at radius 2 is 1.00 bits per heavy atom. The summed E-state index contributed by atoms with van der Waals surface area (Å²) in [6.45, 7) is 16.4. The van der Waals surface area contributed by atoms with Crippen molar-refractivity contribution in [2.24, 2.45) is 40.9 Å². The SMILES string of the molecule is CC1=C[C@@H](C)[C@@H](C2OCC3(CO2)COC([C@@H]2[C@H](C)C=C(C)C[C@@H]2C)OC3)[C@H](C)C1. The van der Waals surface area contributed by atoms with Crippen LogP contribution in [0.25, 0.3) is 0 Å². The van der Waals surface area contributed by atoms with Gasteiger partial charge in [-0.1, -0.05) is 51.0 Å². The highest BCUT2D eigenvalue weighted by Crippen LogP contribution is 2.43. The van der Waals surface area contributed by atoms with Gasteiger partial charge >= 0.3 is 0 Å². The minimum atomic E-state index is -0.160. The standard InChI is InChI=1S/C25H40O4/c1-15-7-17(3)21(18(4)8-15)23-26-11-25(12-27-23)13-28-24(29-14-25)22-19(5)9-16(2)10-20(22)6/h7,9,17-24H,8,10-14H2,1-6H3/t17-,18-,19-,20+,21-,22-,23?,24?,25?/m1/s1. The van der Waals surface area contributed by atoms with Gasteiger partial charge in [0.2, 0.25) is 0 Å². The van der Waals surface area contributed by atoms with E-state index in [1.165, 1.54) is 11.1 Å². The van der Waals surface area contributed by atoms with Gasteiger partial charge in [-0.2, -0.15) is 0 Å². The van der Waals surface area contributed by atoms with Crippen LogP contribution in [0.3, 0.4) is 0 Å². The Labute approximate surface area is 177 Å². The van der Waals surface area contributed by atoms with E-state index in [-0.39, 0.29) is 18.0 Å². The summed E-state index contributed by atoms with van der Waals surface area (Å²) in [5.74, 6) is 3.01. The van der Waals surface area contributed by atoms with E-state index in [1.807, 2.05) is 0 Å². The summed E-state index contributed by atoms with van der Waals surface area (Å²) in [5.41, 5.74) is 2.82. The number of hydrogen-bond donors (Lipinski definition) is 0. The van der Waals surface area contributed by atoms with E-state index in [0.717, 1.165) is 12.8 Å². The van der Waals surface area contributed by atoms with Gasteiger partial charge in [-0.05, 0) is 50.4 Å². The zero-order valence-electron chi connectivity index (χ0n) is 19.1. The zero-order valence-corrected chi connectivity index (χ0v) is 19.1. The van der Waals surface area contributed by atoms with Crippen molar-refractivity contribution in [3.63, 3.8) is 0 Å². The van der Waals surface area contributed by atoms with Gasteiger partial charge in [-0.25, -0.2) is 0 Å². The van der Waals surface area contributed by atoms with E-state index in [9.17, 15) is 0 Å². The number of hydrogen-bond acceptors (Lipinski definition) is 4. The molecule has 0 amide bonds. The van der Waals surface area contributed by atoms with E-state index in [1.54, 1.807) is 0 Å². The Bertz CT molecular complexity index is 578. The molecule has 1 spiro atoms. The molecule has 2 heterocycles. The van der Waals surface area contributed by atoms with Gasteiger partial charge < -0.3 is 18.9 Å². The van der Waals surface area contributed by atoms with Crippen LogP contribution in [0.15, 0.2) is 23.3 Å². The molecular formula is C25H40O4. The Morgan fingerprint density at radius 3 is 1.31 bits per heavy atom. The van der Waals surface area contributed by atoms with Gasteiger partial charge in [0.1, 0.15) is 0 Å². The van der Waals surface area contributed by atoms with Crippen LogP contribution < -0.4 is 0 Å². The van der Waals surface area contributed by atoms with Crippen molar-refractivity contribution in [3.8, 4) is 0 Å². The smallest absolute Gasteiger partial charge is 0.161 e. The molecule has 0 aromatic rings. The molecule has 2 aliphatic carbocycles. The Kier molecular flexibility index (Phi) is 6.28. The molecule has 4 heteroatoms. The molecule has 2 saturated heterocycles. The maximum Gasteiger partial charge on any atom is 0.161 e. The normalized spacial score (nSPS) is 48.9. The second-order valence-electron chi connectivity index (χ2n) is 10.7. The summed E-state index contributed by atoms with van der Waals surface area (Å²) in [4.78, 5) is 0. The lowest BCUT2D eigenvalue weighted by molar-refractivity contribution is -0.327.